The molecule has 4 N–H and O–H groups in total. The van der Waals surface area contributed by atoms with Crippen LogP contribution in [0.5, 0.6) is 0 Å². The summed E-state index contributed by atoms with van der Waals surface area (Å²) in [5, 5.41) is 16.1. The van der Waals surface area contributed by atoms with Gasteiger partial charge in [-0.25, -0.2) is 23.9 Å². The Morgan fingerprint density at radius 3 is 2.76 bits per heavy atom. The van der Waals surface area contributed by atoms with Gasteiger partial charge in [0.2, 0.25) is 5.82 Å². The van der Waals surface area contributed by atoms with E-state index < -0.39 is 22.0 Å². The summed E-state index contributed by atoms with van der Waals surface area (Å²) in [4.78, 5) is 22.2. The zero-order valence-electron chi connectivity index (χ0n) is 20.2. The van der Waals surface area contributed by atoms with E-state index in [-0.39, 0.29) is 34.3 Å². The number of aromatic nitrogens is 2. The van der Waals surface area contributed by atoms with Gasteiger partial charge in [-0.2, -0.15) is 18.2 Å². The van der Waals surface area contributed by atoms with Crippen molar-refractivity contribution in [2.75, 3.05) is 25.0 Å². The molecule has 12 nitrogen and oxygen atoms in total. The van der Waals surface area contributed by atoms with Crippen molar-refractivity contribution in [1.82, 2.24) is 20.1 Å². The van der Waals surface area contributed by atoms with Crippen LogP contribution in [0.25, 0.3) is 0 Å². The molecule has 38 heavy (non-hydrogen) atoms. The number of hydroxylamine groups is 1. The van der Waals surface area contributed by atoms with Crippen LogP contribution in [0, 0.1) is 18.7 Å². The van der Waals surface area contributed by atoms with Crippen LogP contribution in [0.15, 0.2) is 56.6 Å². The Balaban J connectivity index is 1.54. The van der Waals surface area contributed by atoms with Gasteiger partial charge in [-0.05, 0) is 82.3 Å². The van der Waals surface area contributed by atoms with Gasteiger partial charge in [0.15, 0.2) is 11.5 Å². The first kappa shape index (κ1) is 27.6. The fourth-order valence-electron chi connectivity index (χ4n) is 3.78. The lowest BCUT2D eigenvalue weighted by Gasteiger charge is -2.30. The second kappa shape index (κ2) is 12.0. The number of nitrogens with zero attached hydrogens (tertiary/aromatic N) is 4. The molecule has 0 bridgehead atoms. The minimum Gasteiger partial charge on any atom is -0.365 e. The number of anilines is 1. The molecular formula is C23H25BrFN7O5S. The van der Waals surface area contributed by atoms with E-state index in [2.05, 4.69) is 42.0 Å². The average molecular weight is 610 g/mol. The number of carbonyl (C=O) groups is 1. The van der Waals surface area contributed by atoms with Crippen molar-refractivity contribution in [3.05, 3.63) is 69.6 Å². The van der Waals surface area contributed by atoms with E-state index in [9.17, 15) is 17.6 Å². The number of hydrogen-bond donors (Lipinski definition) is 3. The first-order chi connectivity index (χ1) is 18.1. The molecule has 2 heterocycles. The molecule has 1 aliphatic rings. The second-order valence-electron chi connectivity index (χ2n) is 8.67. The van der Waals surface area contributed by atoms with Crippen LogP contribution in [-0.2, 0) is 15.0 Å². The summed E-state index contributed by atoms with van der Waals surface area (Å²) in [5.41, 5.74) is 4.19. The molecular weight excluding hydrogens is 585 g/mol. The highest BCUT2D eigenvalue weighted by Crippen LogP contribution is 2.24. The molecule has 1 saturated heterocycles. The van der Waals surface area contributed by atoms with E-state index in [0.29, 0.717) is 30.8 Å². The summed E-state index contributed by atoms with van der Waals surface area (Å²) < 4.78 is 43.5. The van der Waals surface area contributed by atoms with Gasteiger partial charge in [-0.3, -0.25) is 0 Å². The minimum absolute atomic E-state index is 0.0393. The highest BCUT2D eigenvalue weighted by Gasteiger charge is 2.27. The third-order valence-electron chi connectivity index (χ3n) is 5.78. The Morgan fingerprint density at radius 1 is 1.29 bits per heavy atom. The lowest BCUT2D eigenvalue weighted by molar-refractivity contribution is 0.0387. The van der Waals surface area contributed by atoms with Crippen molar-refractivity contribution in [2.24, 2.45) is 16.0 Å². The molecule has 202 valence electrons. The van der Waals surface area contributed by atoms with E-state index in [4.69, 9.17) is 14.6 Å². The molecule has 0 aliphatic carbocycles. The van der Waals surface area contributed by atoms with Gasteiger partial charge < -0.3 is 10.2 Å². The lowest BCUT2D eigenvalue weighted by atomic mass is 10.00. The number of piperidine rings is 1. The Labute approximate surface area is 226 Å². The number of aliphatic imine (C=N–C) groups is 1. The molecule has 0 saturated carbocycles. The predicted molar refractivity (Wildman–Crippen MR) is 140 cm³/mol. The van der Waals surface area contributed by atoms with Crippen LogP contribution in [-0.4, -0.2) is 54.5 Å². The zero-order chi connectivity index (χ0) is 27.3. The molecule has 0 spiro atoms. The summed E-state index contributed by atoms with van der Waals surface area (Å²) in [5.74, 6) is -1.06. The molecule has 0 radical (unpaired) electrons. The van der Waals surface area contributed by atoms with Gasteiger partial charge in [-0.15, -0.1) is 0 Å². The van der Waals surface area contributed by atoms with Gasteiger partial charge in [0.25, 0.3) is 10.2 Å². The Bertz CT molecular complexity index is 1430. The maximum Gasteiger partial charge on any atom is 0.362 e. The van der Waals surface area contributed by atoms with Crippen LogP contribution in [0.1, 0.15) is 34.5 Å². The van der Waals surface area contributed by atoms with E-state index in [0.717, 1.165) is 12.0 Å². The minimum atomic E-state index is -3.78. The molecule has 15 heteroatoms. The van der Waals surface area contributed by atoms with Crippen molar-refractivity contribution in [2.45, 2.75) is 19.8 Å². The fourth-order valence-corrected chi connectivity index (χ4v) is 4.95. The van der Waals surface area contributed by atoms with Gasteiger partial charge in [0.1, 0.15) is 5.82 Å². The monoisotopic (exact) mass is 609 g/mol. The van der Waals surface area contributed by atoms with Gasteiger partial charge in [-0.1, -0.05) is 17.7 Å². The number of carbonyl (C=O) groups excluding carboxylic acids is 1. The van der Waals surface area contributed by atoms with Crippen LogP contribution in [0.4, 0.5) is 15.9 Å². The number of benzene rings is 2. The van der Waals surface area contributed by atoms with Crippen molar-refractivity contribution in [1.29, 1.82) is 0 Å². The summed E-state index contributed by atoms with van der Waals surface area (Å²) in [6.45, 7) is 2.85. The zero-order valence-corrected chi connectivity index (χ0v) is 22.6. The standard InChI is InChI=1S/C23H25BrFN7O5S/c1-14-4-6-16(7-5-14)23(33)36-30-22(28-17-8-9-19(25)18(24)11-17)20-21(31-37-29-20)27-12-15-3-2-10-32(13-15)38(26,34)35/h4-9,11,15H,2-3,10,12-13H2,1H3,(H,27,31)(H,28,30)(H2,26,34,35). The first-order valence-electron chi connectivity index (χ1n) is 11.5. The van der Waals surface area contributed by atoms with Gasteiger partial charge in [0.05, 0.1) is 15.7 Å². The Hall–Kier alpha value is -3.40. The number of nitrogens with two attached hydrogens (primary N) is 1. The topological polar surface area (TPSA) is 165 Å². The molecule has 1 aromatic heterocycles. The van der Waals surface area contributed by atoms with Crippen molar-refractivity contribution in [3.63, 3.8) is 0 Å². The predicted octanol–water partition coefficient (Wildman–Crippen LogP) is 3.05. The second-order valence-corrected chi connectivity index (χ2v) is 11.1. The van der Waals surface area contributed by atoms with Crippen LogP contribution < -0.4 is 15.9 Å². The third-order valence-corrected chi connectivity index (χ3v) is 7.44. The highest BCUT2D eigenvalue weighted by atomic mass is 79.9. The van der Waals surface area contributed by atoms with Gasteiger partial charge in [0, 0.05) is 19.6 Å². The molecule has 2 aromatic carbocycles. The molecule has 1 unspecified atom stereocenters. The number of nitrogens with one attached hydrogen (secondary N) is 2. The maximum absolute atomic E-state index is 13.7. The lowest BCUT2D eigenvalue weighted by Crippen LogP contribution is -2.44. The van der Waals surface area contributed by atoms with Crippen LogP contribution in [0.3, 0.4) is 0 Å². The maximum atomic E-state index is 13.7. The van der Waals surface area contributed by atoms with E-state index in [1.54, 1.807) is 24.3 Å². The molecule has 1 atom stereocenters. The van der Waals surface area contributed by atoms with Crippen molar-refractivity contribution >= 4 is 49.4 Å². The number of hydrogen-bond acceptors (Lipinski definition) is 9. The SMILES string of the molecule is Cc1ccc(C(=O)ONC(=Nc2ccc(F)c(Br)c2)c2nonc2NCC2CCCN(S(N)(=O)=O)C2)cc1. The first-order valence-corrected chi connectivity index (χ1v) is 13.8. The number of halogens is 2. The fraction of sp³-hybridized carbons (Fsp3) is 0.304. The Morgan fingerprint density at radius 2 is 2.05 bits per heavy atom. The third kappa shape index (κ3) is 7.12. The number of amidine groups is 1. The summed E-state index contributed by atoms with van der Waals surface area (Å²) in [6.07, 6.45) is 1.44. The van der Waals surface area contributed by atoms with E-state index >= 15 is 0 Å². The largest absolute Gasteiger partial charge is 0.365 e. The highest BCUT2D eigenvalue weighted by molar-refractivity contribution is 9.10. The van der Waals surface area contributed by atoms with Crippen molar-refractivity contribution < 1.29 is 27.1 Å². The number of aryl methyl sites for hydroxylation is 1. The van der Waals surface area contributed by atoms with Crippen LogP contribution in [0.2, 0.25) is 0 Å². The summed E-state index contributed by atoms with van der Waals surface area (Å²) >= 11 is 3.12. The molecule has 1 fully saturated rings. The molecule has 3 aromatic rings. The smallest absolute Gasteiger partial charge is 0.362 e. The normalized spacial score (nSPS) is 16.7. The quantitative estimate of drug-likeness (QED) is 0.207. The average Bonchev–Trinajstić information content (AvgIpc) is 3.36. The van der Waals surface area contributed by atoms with Crippen molar-refractivity contribution in [3.8, 4) is 0 Å². The molecule has 1 aliphatic heterocycles. The van der Waals surface area contributed by atoms with E-state index in [1.165, 1.54) is 22.5 Å². The van der Waals surface area contributed by atoms with Crippen LogP contribution >= 0.6 is 15.9 Å². The summed E-state index contributed by atoms with van der Waals surface area (Å²) in [7, 11) is -3.78. The van der Waals surface area contributed by atoms with E-state index in [1.807, 2.05) is 6.92 Å². The summed E-state index contributed by atoms with van der Waals surface area (Å²) in [6, 6.07) is 10.9. The molecule has 0 amide bonds. The Kier molecular flexibility index (Phi) is 8.71. The number of rotatable bonds is 7. The van der Waals surface area contributed by atoms with Gasteiger partial charge >= 0.3 is 5.97 Å². The molecule has 4 rings (SSSR count).